The first kappa shape index (κ1) is 10.0. The van der Waals surface area contributed by atoms with Crippen LogP contribution in [-0.4, -0.2) is 12.3 Å². The van der Waals surface area contributed by atoms with Crippen LogP contribution in [-0.2, 0) is 0 Å². The van der Waals surface area contributed by atoms with Gasteiger partial charge in [0.1, 0.15) is 0 Å². The zero-order chi connectivity index (χ0) is 10.0. The van der Waals surface area contributed by atoms with E-state index < -0.39 is 0 Å². The molecule has 0 saturated carbocycles. The minimum absolute atomic E-state index is 0.466. The van der Waals surface area contributed by atoms with Gasteiger partial charge in [-0.05, 0) is 25.3 Å². The molecule has 0 amide bonds. The molecule has 0 aromatic carbocycles. The summed E-state index contributed by atoms with van der Waals surface area (Å²) >= 11 is 0. The second-order valence-electron chi connectivity index (χ2n) is 3.86. The van der Waals surface area contributed by atoms with E-state index in [-0.39, 0.29) is 0 Å². The largest absolute Gasteiger partial charge is 0.358 e. The van der Waals surface area contributed by atoms with Crippen LogP contribution < -0.4 is 5.32 Å². The van der Waals surface area contributed by atoms with Gasteiger partial charge in [0.25, 0.3) is 0 Å². The molecule has 72 valence electrons. The molecule has 0 aromatic rings. The fourth-order valence-corrected chi connectivity index (χ4v) is 1.21. The molecular formula is C11H18N2. The van der Waals surface area contributed by atoms with Gasteiger partial charge in [0, 0.05) is 5.70 Å². The molecule has 1 aliphatic rings. The summed E-state index contributed by atoms with van der Waals surface area (Å²) < 4.78 is 0. The SMILES string of the molecule is C=C(NC1=C(C)CN=C1C)C(C)C. The number of aliphatic imine (C=N–C) groups is 1. The van der Waals surface area contributed by atoms with Gasteiger partial charge in [-0.15, -0.1) is 0 Å². The first-order valence-electron chi connectivity index (χ1n) is 4.69. The Hall–Kier alpha value is -1.05. The van der Waals surface area contributed by atoms with Crippen molar-refractivity contribution in [2.45, 2.75) is 27.7 Å². The number of allylic oxidation sites excluding steroid dienone is 2. The van der Waals surface area contributed by atoms with Crippen LogP contribution in [0.3, 0.4) is 0 Å². The third kappa shape index (κ3) is 2.20. The Morgan fingerprint density at radius 2 is 2.08 bits per heavy atom. The zero-order valence-electron chi connectivity index (χ0n) is 8.94. The Kier molecular flexibility index (Phi) is 2.91. The Bertz CT molecular complexity index is 282. The summed E-state index contributed by atoms with van der Waals surface area (Å²) in [6, 6.07) is 0. The molecule has 0 atom stereocenters. The van der Waals surface area contributed by atoms with Gasteiger partial charge >= 0.3 is 0 Å². The molecule has 1 heterocycles. The van der Waals surface area contributed by atoms with Crippen molar-refractivity contribution in [3.8, 4) is 0 Å². The molecule has 0 aliphatic carbocycles. The van der Waals surface area contributed by atoms with Crippen molar-refractivity contribution in [2.24, 2.45) is 10.9 Å². The number of rotatable bonds is 3. The maximum absolute atomic E-state index is 4.35. The van der Waals surface area contributed by atoms with E-state index in [2.05, 4.69) is 37.7 Å². The summed E-state index contributed by atoms with van der Waals surface area (Å²) in [5.41, 5.74) is 4.63. The lowest BCUT2D eigenvalue weighted by atomic mass is 10.1. The van der Waals surface area contributed by atoms with Gasteiger partial charge in [-0.1, -0.05) is 20.4 Å². The third-order valence-corrected chi connectivity index (χ3v) is 2.32. The molecule has 0 spiro atoms. The van der Waals surface area contributed by atoms with E-state index in [4.69, 9.17) is 0 Å². The highest BCUT2D eigenvalue weighted by molar-refractivity contribution is 6.00. The van der Waals surface area contributed by atoms with Crippen LogP contribution in [0.15, 0.2) is 28.5 Å². The second kappa shape index (κ2) is 3.77. The fourth-order valence-electron chi connectivity index (χ4n) is 1.21. The van der Waals surface area contributed by atoms with Gasteiger partial charge < -0.3 is 5.32 Å². The molecule has 2 nitrogen and oxygen atoms in total. The summed E-state index contributed by atoms with van der Waals surface area (Å²) in [7, 11) is 0. The molecular weight excluding hydrogens is 160 g/mol. The molecule has 0 fully saturated rings. The van der Waals surface area contributed by atoms with Crippen LogP contribution in [0.5, 0.6) is 0 Å². The predicted octanol–water partition coefficient (Wildman–Crippen LogP) is 2.49. The smallest absolute Gasteiger partial charge is 0.0624 e. The monoisotopic (exact) mass is 178 g/mol. The van der Waals surface area contributed by atoms with Gasteiger partial charge in [0.2, 0.25) is 0 Å². The summed E-state index contributed by atoms with van der Waals surface area (Å²) in [5, 5.41) is 3.33. The van der Waals surface area contributed by atoms with Crippen molar-refractivity contribution in [2.75, 3.05) is 6.54 Å². The predicted molar refractivity (Wildman–Crippen MR) is 57.8 cm³/mol. The minimum Gasteiger partial charge on any atom is -0.358 e. The van der Waals surface area contributed by atoms with Crippen LogP contribution in [0.2, 0.25) is 0 Å². The summed E-state index contributed by atoms with van der Waals surface area (Å²) in [4.78, 5) is 4.35. The van der Waals surface area contributed by atoms with Crippen molar-refractivity contribution in [1.29, 1.82) is 0 Å². The first-order valence-corrected chi connectivity index (χ1v) is 4.69. The van der Waals surface area contributed by atoms with Crippen molar-refractivity contribution >= 4 is 5.71 Å². The number of hydrogen-bond donors (Lipinski definition) is 1. The van der Waals surface area contributed by atoms with E-state index in [0.29, 0.717) is 5.92 Å². The molecule has 0 bridgehead atoms. The van der Waals surface area contributed by atoms with Crippen molar-refractivity contribution in [1.82, 2.24) is 5.32 Å². The number of nitrogens with zero attached hydrogens (tertiary/aromatic N) is 1. The maximum Gasteiger partial charge on any atom is 0.0624 e. The fraction of sp³-hybridized carbons (Fsp3) is 0.545. The Balaban J connectivity index is 2.69. The van der Waals surface area contributed by atoms with E-state index in [1.807, 2.05) is 6.92 Å². The summed E-state index contributed by atoms with van der Waals surface area (Å²) in [6.07, 6.45) is 0. The average molecular weight is 178 g/mol. The third-order valence-electron chi connectivity index (χ3n) is 2.32. The average Bonchev–Trinajstić information content (AvgIpc) is 2.35. The van der Waals surface area contributed by atoms with Crippen LogP contribution >= 0.6 is 0 Å². The van der Waals surface area contributed by atoms with Gasteiger partial charge in [-0.3, -0.25) is 4.99 Å². The molecule has 1 rings (SSSR count). The highest BCUT2D eigenvalue weighted by atomic mass is 15.0. The topological polar surface area (TPSA) is 24.4 Å². The molecule has 0 radical (unpaired) electrons. The van der Waals surface area contributed by atoms with E-state index >= 15 is 0 Å². The lowest BCUT2D eigenvalue weighted by Crippen LogP contribution is -2.20. The quantitative estimate of drug-likeness (QED) is 0.705. The number of hydrogen-bond acceptors (Lipinski definition) is 2. The van der Waals surface area contributed by atoms with Crippen LogP contribution in [0.1, 0.15) is 27.7 Å². The summed E-state index contributed by atoms with van der Waals surface area (Å²) in [5.74, 6) is 0.466. The molecule has 1 aliphatic heterocycles. The van der Waals surface area contributed by atoms with Crippen molar-refractivity contribution < 1.29 is 0 Å². The Morgan fingerprint density at radius 3 is 2.46 bits per heavy atom. The van der Waals surface area contributed by atoms with Gasteiger partial charge in [0.05, 0.1) is 18.0 Å². The van der Waals surface area contributed by atoms with E-state index in [1.54, 1.807) is 0 Å². The zero-order valence-corrected chi connectivity index (χ0v) is 8.94. The van der Waals surface area contributed by atoms with Gasteiger partial charge in [0.15, 0.2) is 0 Å². The van der Waals surface area contributed by atoms with E-state index in [1.165, 1.54) is 11.3 Å². The normalized spacial score (nSPS) is 16.5. The minimum atomic E-state index is 0.466. The molecule has 1 N–H and O–H groups in total. The van der Waals surface area contributed by atoms with Gasteiger partial charge in [-0.2, -0.15) is 0 Å². The molecule has 0 aromatic heterocycles. The molecule has 13 heavy (non-hydrogen) atoms. The molecule has 0 saturated heterocycles. The number of nitrogens with one attached hydrogen (secondary N) is 1. The highest BCUT2D eigenvalue weighted by Gasteiger charge is 2.13. The van der Waals surface area contributed by atoms with E-state index in [9.17, 15) is 0 Å². The highest BCUT2D eigenvalue weighted by Crippen LogP contribution is 2.15. The summed E-state index contributed by atoms with van der Waals surface area (Å²) in [6.45, 7) is 13.2. The lowest BCUT2D eigenvalue weighted by molar-refractivity contribution is 0.711. The second-order valence-corrected chi connectivity index (χ2v) is 3.86. The molecule has 0 unspecified atom stereocenters. The standard InChI is InChI=1S/C11H18N2/c1-7(2)9(4)13-11-8(3)6-12-10(11)5/h7,13H,4,6H2,1-3,5H3. The lowest BCUT2D eigenvalue weighted by Gasteiger charge is -2.14. The van der Waals surface area contributed by atoms with Crippen LogP contribution in [0, 0.1) is 5.92 Å². The Morgan fingerprint density at radius 1 is 1.46 bits per heavy atom. The molecule has 2 heteroatoms. The van der Waals surface area contributed by atoms with E-state index in [0.717, 1.165) is 18.0 Å². The van der Waals surface area contributed by atoms with Crippen LogP contribution in [0.25, 0.3) is 0 Å². The van der Waals surface area contributed by atoms with Crippen LogP contribution in [0.4, 0.5) is 0 Å². The van der Waals surface area contributed by atoms with Gasteiger partial charge in [-0.25, -0.2) is 0 Å². The van der Waals surface area contributed by atoms with Crippen molar-refractivity contribution in [3.63, 3.8) is 0 Å². The Labute approximate surface area is 80.4 Å². The first-order chi connectivity index (χ1) is 6.02. The van der Waals surface area contributed by atoms with Crippen molar-refractivity contribution in [3.05, 3.63) is 23.5 Å². The maximum atomic E-state index is 4.35.